The van der Waals surface area contributed by atoms with E-state index in [0.717, 1.165) is 11.4 Å². The lowest BCUT2D eigenvalue weighted by Crippen LogP contribution is -2.49. The Balaban J connectivity index is 1.60. The number of piperazine rings is 1. The summed E-state index contributed by atoms with van der Waals surface area (Å²) < 4.78 is 35.9. The van der Waals surface area contributed by atoms with Gasteiger partial charge in [-0.3, -0.25) is 0 Å². The highest BCUT2D eigenvalue weighted by molar-refractivity contribution is 7.89. The summed E-state index contributed by atoms with van der Waals surface area (Å²) in [5.41, 5.74) is 2.33. The zero-order valence-electron chi connectivity index (χ0n) is 14.6. The molecule has 140 valence electrons. The fourth-order valence-corrected chi connectivity index (χ4v) is 5.52. The van der Waals surface area contributed by atoms with Gasteiger partial charge in [-0.1, -0.05) is 12.1 Å². The van der Waals surface area contributed by atoms with Gasteiger partial charge in [0.15, 0.2) is 0 Å². The predicted molar refractivity (Wildman–Crippen MR) is 105 cm³/mol. The first-order valence-corrected chi connectivity index (χ1v) is 10.6. The highest BCUT2D eigenvalue weighted by Crippen LogP contribution is 2.39. The van der Waals surface area contributed by atoms with Crippen molar-refractivity contribution in [2.24, 2.45) is 8.73 Å². The summed E-state index contributed by atoms with van der Waals surface area (Å²) in [5.74, 6) is 0. The van der Waals surface area contributed by atoms with Crippen molar-refractivity contribution < 1.29 is 8.42 Å². The van der Waals surface area contributed by atoms with Gasteiger partial charge in [0.25, 0.3) is 0 Å². The summed E-state index contributed by atoms with van der Waals surface area (Å²) in [5, 5.41) is 18.7. The minimum atomic E-state index is -3.71. The van der Waals surface area contributed by atoms with Gasteiger partial charge in [-0.15, -0.1) is 0 Å². The average molecular weight is 410 g/mol. The normalized spacial score (nSPS) is 16.1. The molecule has 0 radical (unpaired) electrons. The smallest absolute Gasteiger partial charge is 0.245 e. The monoisotopic (exact) mass is 410 g/mol. The maximum atomic E-state index is 13.1. The molecule has 10 heteroatoms. The maximum absolute atomic E-state index is 13.1. The number of nitrogens with zero attached hydrogens (tertiary/aromatic N) is 6. The fraction of sp³-hybridized carbons (Fsp3) is 0.222. The largest absolute Gasteiger partial charge is 0.367 e. The molecule has 2 aliphatic rings. The van der Waals surface area contributed by atoms with E-state index in [1.54, 1.807) is 36.4 Å². The molecule has 0 aromatic heterocycles. The molecule has 0 N–H and O–H groups in total. The van der Waals surface area contributed by atoms with Gasteiger partial charge >= 0.3 is 0 Å². The van der Waals surface area contributed by atoms with Crippen molar-refractivity contribution in [3.05, 3.63) is 47.5 Å². The van der Waals surface area contributed by atoms with Gasteiger partial charge in [-0.25, -0.2) is 8.42 Å². The lowest BCUT2D eigenvalue weighted by molar-refractivity contribution is 0.385. The predicted octanol–water partition coefficient (Wildman–Crippen LogP) is 2.67. The van der Waals surface area contributed by atoms with E-state index in [4.69, 9.17) is 0 Å². The van der Waals surface area contributed by atoms with Crippen LogP contribution in [0.3, 0.4) is 0 Å². The first-order valence-electron chi connectivity index (χ1n) is 8.46. The van der Waals surface area contributed by atoms with Crippen LogP contribution in [-0.2, 0) is 21.4 Å². The van der Waals surface area contributed by atoms with Gasteiger partial charge < -0.3 is 4.90 Å². The van der Waals surface area contributed by atoms with Crippen LogP contribution in [-0.4, -0.2) is 38.9 Å². The standard InChI is InChI=1S/C18H14N6O2S2/c19-11-13-3-1-4-14(12-20)18(13)23-7-9-24(10-8-23)28(25,26)16-6-2-5-15-17(16)22-27-21-15/h1-6H,7-10H2. The molecule has 0 spiro atoms. The van der Waals surface area contributed by atoms with Crippen molar-refractivity contribution in [2.75, 3.05) is 31.1 Å². The van der Waals surface area contributed by atoms with Gasteiger partial charge in [0.1, 0.15) is 28.4 Å². The van der Waals surface area contributed by atoms with E-state index >= 15 is 0 Å². The molecular formula is C18H14N6O2S2. The van der Waals surface area contributed by atoms with Crippen molar-refractivity contribution in [1.29, 1.82) is 10.5 Å². The number of hydrogen-bond acceptors (Lipinski definition) is 7. The van der Waals surface area contributed by atoms with E-state index in [0.29, 0.717) is 41.3 Å². The van der Waals surface area contributed by atoms with Crippen molar-refractivity contribution in [3.63, 3.8) is 0 Å². The Kier molecular flexibility index (Phi) is 4.69. The third kappa shape index (κ3) is 2.98. The third-order valence-electron chi connectivity index (χ3n) is 4.70. The van der Waals surface area contributed by atoms with Crippen molar-refractivity contribution in [2.45, 2.75) is 4.90 Å². The second-order valence-corrected chi connectivity index (χ2v) is 8.64. The van der Waals surface area contributed by atoms with Crippen LogP contribution in [0, 0.1) is 22.7 Å². The van der Waals surface area contributed by atoms with Gasteiger partial charge in [0.2, 0.25) is 10.0 Å². The quantitative estimate of drug-likeness (QED) is 0.659. The molecule has 1 saturated heterocycles. The molecule has 0 saturated carbocycles. The van der Waals surface area contributed by atoms with Crippen LogP contribution in [0.5, 0.6) is 0 Å². The Morgan fingerprint density at radius 2 is 1.57 bits per heavy atom. The Hall–Kier alpha value is -3.05. The molecule has 28 heavy (non-hydrogen) atoms. The van der Waals surface area contributed by atoms with E-state index in [1.807, 2.05) is 4.90 Å². The van der Waals surface area contributed by atoms with Crippen molar-refractivity contribution in [1.82, 2.24) is 4.31 Å². The minimum Gasteiger partial charge on any atom is -0.367 e. The summed E-state index contributed by atoms with van der Waals surface area (Å²) in [4.78, 5) is 2.05. The molecule has 2 aromatic carbocycles. The van der Waals surface area contributed by atoms with E-state index in [1.165, 1.54) is 4.31 Å². The highest BCUT2D eigenvalue weighted by atomic mass is 32.2. The van der Waals surface area contributed by atoms with Crippen molar-refractivity contribution >= 4 is 38.4 Å². The Labute approximate surface area is 166 Å². The van der Waals surface area contributed by atoms with E-state index in [9.17, 15) is 18.9 Å². The number of hydrogen-bond donors (Lipinski definition) is 0. The molecule has 2 aliphatic heterocycles. The molecule has 2 heterocycles. The second kappa shape index (κ2) is 7.17. The number of sulfonamides is 1. The van der Waals surface area contributed by atoms with E-state index < -0.39 is 10.0 Å². The van der Waals surface area contributed by atoms with Crippen molar-refractivity contribution in [3.8, 4) is 12.1 Å². The molecule has 0 amide bonds. The number of rotatable bonds is 3. The average Bonchev–Trinajstić information content (AvgIpc) is 3.22. The van der Waals surface area contributed by atoms with Crippen LogP contribution in [0.4, 0.5) is 17.1 Å². The number of nitriles is 2. The van der Waals surface area contributed by atoms with Crippen LogP contribution in [0.25, 0.3) is 0 Å². The van der Waals surface area contributed by atoms with E-state index in [-0.39, 0.29) is 18.0 Å². The Morgan fingerprint density at radius 3 is 2.21 bits per heavy atom. The summed E-state index contributed by atoms with van der Waals surface area (Å²) in [6, 6.07) is 14.2. The Morgan fingerprint density at radius 1 is 0.929 bits per heavy atom. The third-order valence-corrected chi connectivity index (χ3v) is 7.17. The molecular weight excluding hydrogens is 396 g/mol. The molecule has 0 aliphatic carbocycles. The molecule has 0 atom stereocenters. The van der Waals surface area contributed by atoms with Gasteiger partial charge in [-0.2, -0.15) is 23.6 Å². The molecule has 0 bridgehead atoms. The van der Waals surface area contributed by atoms with Crippen LogP contribution in [0.2, 0.25) is 0 Å². The molecule has 0 unspecified atom stereocenters. The fourth-order valence-electron chi connectivity index (χ4n) is 3.35. The lowest BCUT2D eigenvalue weighted by atomic mass is 10.1. The number of benzene rings is 2. The maximum Gasteiger partial charge on any atom is 0.245 e. The summed E-state index contributed by atoms with van der Waals surface area (Å²) in [6.45, 7) is 1.28. The SMILES string of the molecule is N#Cc1cccc(C#N)c1N1CCN(S(=O)(=O)c2cccc3c2N=S=N3)CC1. The number of para-hydroxylation sites is 1. The summed E-state index contributed by atoms with van der Waals surface area (Å²) in [7, 11) is -3.71. The zero-order valence-corrected chi connectivity index (χ0v) is 16.2. The van der Waals surface area contributed by atoms with E-state index in [2.05, 4.69) is 20.9 Å². The van der Waals surface area contributed by atoms with Gasteiger partial charge in [0.05, 0.1) is 28.2 Å². The summed E-state index contributed by atoms with van der Waals surface area (Å²) in [6.07, 6.45) is 0. The molecule has 8 nitrogen and oxygen atoms in total. The molecule has 1 fully saturated rings. The van der Waals surface area contributed by atoms with Crippen LogP contribution in [0.15, 0.2) is 50.0 Å². The second-order valence-electron chi connectivity index (χ2n) is 6.20. The zero-order chi connectivity index (χ0) is 19.7. The lowest BCUT2D eigenvalue weighted by Gasteiger charge is -2.36. The number of fused-ring (bicyclic) bond motifs is 1. The number of anilines is 1. The van der Waals surface area contributed by atoms with Crippen LogP contribution >= 0.6 is 0 Å². The first-order chi connectivity index (χ1) is 13.6. The minimum absolute atomic E-state index is 0.155. The molecule has 2 aromatic rings. The van der Waals surface area contributed by atoms with Crippen LogP contribution in [0.1, 0.15) is 11.1 Å². The Bertz CT molecular complexity index is 1180. The van der Waals surface area contributed by atoms with Crippen LogP contribution < -0.4 is 4.90 Å². The van der Waals surface area contributed by atoms with Gasteiger partial charge in [0, 0.05) is 26.2 Å². The molecule has 4 rings (SSSR count). The van der Waals surface area contributed by atoms with Gasteiger partial charge in [-0.05, 0) is 24.3 Å². The first kappa shape index (κ1) is 18.3. The highest BCUT2D eigenvalue weighted by Gasteiger charge is 2.32. The summed E-state index contributed by atoms with van der Waals surface area (Å²) >= 11 is 0.983. The topological polar surface area (TPSA) is 113 Å².